The van der Waals surface area contributed by atoms with Crippen LogP contribution < -0.4 is 0 Å². The van der Waals surface area contributed by atoms with Crippen LogP contribution in [0.5, 0.6) is 0 Å². The minimum atomic E-state index is -0.336. The minimum Gasteiger partial charge on any atom is -0.339 e. The Balaban J connectivity index is 2.54. The van der Waals surface area contributed by atoms with Crippen LogP contribution in [0, 0.1) is 17.3 Å². The monoisotopic (exact) mass is 268 g/mol. The molecule has 1 heterocycles. The van der Waals surface area contributed by atoms with Gasteiger partial charge in [0.05, 0.1) is 0 Å². The molecule has 1 rings (SSSR count). The third-order valence-electron chi connectivity index (χ3n) is 3.91. The van der Waals surface area contributed by atoms with Crippen LogP contribution in [0.4, 0.5) is 0 Å². The van der Waals surface area contributed by atoms with Crippen LogP contribution in [0.15, 0.2) is 0 Å². The lowest BCUT2D eigenvalue weighted by atomic mass is 9.94. The molecular weight excluding hydrogens is 240 g/mol. The molecule has 110 valence electrons. The normalized spacial score (nSPS) is 18.7. The highest BCUT2D eigenvalue weighted by molar-refractivity contribution is 5.82. The molecule has 4 heteroatoms. The van der Waals surface area contributed by atoms with Crippen LogP contribution in [-0.4, -0.2) is 47.8 Å². The van der Waals surface area contributed by atoms with E-state index in [0.29, 0.717) is 32.1 Å². The molecule has 1 aliphatic heterocycles. The molecular formula is C15H28N2O2. The summed E-state index contributed by atoms with van der Waals surface area (Å²) in [5.74, 6) is 0.820. The first-order valence-corrected chi connectivity index (χ1v) is 7.22. The zero-order valence-corrected chi connectivity index (χ0v) is 13.2. The van der Waals surface area contributed by atoms with Gasteiger partial charge in [0.2, 0.25) is 11.8 Å². The van der Waals surface area contributed by atoms with Crippen LogP contribution in [-0.2, 0) is 9.59 Å². The van der Waals surface area contributed by atoms with Crippen molar-refractivity contribution in [3.8, 4) is 0 Å². The summed E-state index contributed by atoms with van der Waals surface area (Å²) in [5.41, 5.74) is -0.336. The van der Waals surface area contributed by atoms with Crippen molar-refractivity contribution >= 4 is 11.8 Å². The Kier molecular flexibility index (Phi) is 4.99. The Morgan fingerprint density at radius 2 is 1.32 bits per heavy atom. The van der Waals surface area contributed by atoms with Crippen molar-refractivity contribution in [3.05, 3.63) is 0 Å². The fourth-order valence-electron chi connectivity index (χ4n) is 2.18. The highest BCUT2D eigenvalue weighted by Crippen LogP contribution is 2.20. The topological polar surface area (TPSA) is 40.6 Å². The first-order chi connectivity index (χ1) is 8.64. The van der Waals surface area contributed by atoms with Gasteiger partial charge in [0.15, 0.2) is 0 Å². The first-order valence-electron chi connectivity index (χ1n) is 7.22. The number of carbonyl (C=O) groups excluding carboxylic acids is 2. The smallest absolute Gasteiger partial charge is 0.228 e. The van der Waals surface area contributed by atoms with Gasteiger partial charge in [0.1, 0.15) is 0 Å². The summed E-state index contributed by atoms with van der Waals surface area (Å²) in [7, 11) is 0. The molecule has 0 aromatic carbocycles. The van der Waals surface area contributed by atoms with E-state index in [1.807, 2.05) is 37.5 Å². The summed E-state index contributed by atoms with van der Waals surface area (Å²) in [5, 5.41) is 0. The summed E-state index contributed by atoms with van der Waals surface area (Å²) in [6.45, 7) is 14.6. The molecule has 0 aromatic heterocycles. The van der Waals surface area contributed by atoms with E-state index in [1.165, 1.54) is 0 Å². The minimum absolute atomic E-state index is 0.0601. The van der Waals surface area contributed by atoms with E-state index < -0.39 is 0 Å². The fraction of sp³-hybridized carbons (Fsp3) is 0.867. The van der Waals surface area contributed by atoms with Crippen LogP contribution in [0.2, 0.25) is 0 Å². The van der Waals surface area contributed by atoms with E-state index in [1.54, 1.807) is 0 Å². The number of rotatable bonds is 2. The van der Waals surface area contributed by atoms with Crippen molar-refractivity contribution < 1.29 is 9.59 Å². The first kappa shape index (κ1) is 16.0. The average molecular weight is 268 g/mol. The van der Waals surface area contributed by atoms with Crippen molar-refractivity contribution in [1.82, 2.24) is 9.80 Å². The summed E-state index contributed by atoms with van der Waals surface area (Å²) in [4.78, 5) is 28.2. The molecule has 19 heavy (non-hydrogen) atoms. The zero-order chi connectivity index (χ0) is 14.8. The van der Waals surface area contributed by atoms with E-state index in [2.05, 4.69) is 13.8 Å². The van der Waals surface area contributed by atoms with E-state index in [9.17, 15) is 9.59 Å². The third-order valence-corrected chi connectivity index (χ3v) is 3.91. The van der Waals surface area contributed by atoms with Gasteiger partial charge in [-0.25, -0.2) is 0 Å². The van der Waals surface area contributed by atoms with Gasteiger partial charge in [0, 0.05) is 37.5 Å². The quantitative estimate of drug-likeness (QED) is 0.768. The Hall–Kier alpha value is -1.06. The number of carbonyl (C=O) groups is 2. The van der Waals surface area contributed by atoms with E-state index in [-0.39, 0.29) is 23.1 Å². The lowest BCUT2D eigenvalue weighted by molar-refractivity contribution is -0.146. The lowest BCUT2D eigenvalue weighted by Gasteiger charge is -2.38. The average Bonchev–Trinajstić information content (AvgIpc) is 2.35. The number of hydrogen-bond donors (Lipinski definition) is 0. The van der Waals surface area contributed by atoms with Gasteiger partial charge < -0.3 is 9.80 Å². The zero-order valence-electron chi connectivity index (χ0n) is 13.2. The van der Waals surface area contributed by atoms with Gasteiger partial charge in [0.25, 0.3) is 0 Å². The van der Waals surface area contributed by atoms with Crippen LogP contribution in [0.3, 0.4) is 0 Å². The maximum absolute atomic E-state index is 12.2. The fourth-order valence-corrected chi connectivity index (χ4v) is 2.18. The second-order valence-electron chi connectivity index (χ2n) is 6.90. The molecule has 2 amide bonds. The molecule has 0 bridgehead atoms. The van der Waals surface area contributed by atoms with Crippen LogP contribution >= 0.6 is 0 Å². The largest absolute Gasteiger partial charge is 0.339 e. The highest BCUT2D eigenvalue weighted by Gasteiger charge is 2.32. The summed E-state index contributed by atoms with van der Waals surface area (Å²) >= 11 is 0. The molecule has 1 atom stereocenters. The van der Waals surface area contributed by atoms with Crippen molar-refractivity contribution in [2.75, 3.05) is 26.2 Å². The Bertz CT molecular complexity index is 337. The van der Waals surface area contributed by atoms with Gasteiger partial charge in [-0.2, -0.15) is 0 Å². The molecule has 0 radical (unpaired) electrons. The summed E-state index contributed by atoms with van der Waals surface area (Å²) in [6.07, 6.45) is 0. The molecule has 0 aliphatic carbocycles. The van der Waals surface area contributed by atoms with Crippen molar-refractivity contribution in [3.63, 3.8) is 0 Å². The molecule has 0 N–H and O–H groups in total. The van der Waals surface area contributed by atoms with E-state index in [4.69, 9.17) is 0 Å². The molecule has 1 aliphatic rings. The van der Waals surface area contributed by atoms with Gasteiger partial charge in [-0.15, -0.1) is 0 Å². The number of amides is 2. The number of piperazine rings is 1. The predicted octanol–water partition coefficient (Wildman–Crippen LogP) is 2.00. The van der Waals surface area contributed by atoms with E-state index >= 15 is 0 Å². The molecule has 1 fully saturated rings. The molecule has 1 unspecified atom stereocenters. The maximum Gasteiger partial charge on any atom is 0.228 e. The lowest BCUT2D eigenvalue weighted by Crippen LogP contribution is -2.54. The van der Waals surface area contributed by atoms with Crippen LogP contribution in [0.1, 0.15) is 41.5 Å². The van der Waals surface area contributed by atoms with Crippen LogP contribution in [0.25, 0.3) is 0 Å². The van der Waals surface area contributed by atoms with Gasteiger partial charge in [-0.1, -0.05) is 41.5 Å². The van der Waals surface area contributed by atoms with Gasteiger partial charge in [-0.3, -0.25) is 9.59 Å². The standard InChI is InChI=1S/C15H28N2O2/c1-11(2)12(3)13(18)16-7-9-17(10-8-16)14(19)15(4,5)6/h11-12H,7-10H2,1-6H3. The number of nitrogens with zero attached hydrogens (tertiary/aromatic N) is 2. The molecule has 0 saturated carbocycles. The second-order valence-corrected chi connectivity index (χ2v) is 6.90. The Morgan fingerprint density at radius 3 is 1.68 bits per heavy atom. The summed E-state index contributed by atoms with van der Waals surface area (Å²) < 4.78 is 0. The molecule has 0 spiro atoms. The Morgan fingerprint density at radius 1 is 0.895 bits per heavy atom. The van der Waals surface area contributed by atoms with Gasteiger partial charge >= 0.3 is 0 Å². The third kappa shape index (κ3) is 3.95. The maximum atomic E-state index is 12.2. The van der Waals surface area contributed by atoms with Crippen molar-refractivity contribution in [2.45, 2.75) is 41.5 Å². The van der Waals surface area contributed by atoms with Crippen molar-refractivity contribution in [1.29, 1.82) is 0 Å². The predicted molar refractivity (Wildman–Crippen MR) is 76.6 cm³/mol. The molecule has 4 nitrogen and oxygen atoms in total. The Labute approximate surface area is 117 Å². The van der Waals surface area contributed by atoms with Crippen molar-refractivity contribution in [2.24, 2.45) is 17.3 Å². The highest BCUT2D eigenvalue weighted by atomic mass is 16.2. The molecule has 0 aromatic rings. The molecule has 1 saturated heterocycles. The second kappa shape index (κ2) is 5.93. The number of hydrogen-bond acceptors (Lipinski definition) is 2. The SMILES string of the molecule is CC(C)C(C)C(=O)N1CCN(C(=O)C(C)(C)C)CC1. The van der Waals surface area contributed by atoms with E-state index in [0.717, 1.165) is 0 Å². The summed E-state index contributed by atoms with van der Waals surface area (Å²) in [6, 6.07) is 0. The van der Waals surface area contributed by atoms with Gasteiger partial charge in [-0.05, 0) is 5.92 Å².